The first-order valence-corrected chi connectivity index (χ1v) is 9.34. The number of rotatable bonds is 3. The number of benzene rings is 1. The van der Waals surface area contributed by atoms with Crippen LogP contribution in [0, 0.1) is 0 Å². The van der Waals surface area contributed by atoms with Gasteiger partial charge in [0, 0.05) is 17.5 Å². The van der Waals surface area contributed by atoms with Crippen molar-refractivity contribution >= 4 is 5.95 Å². The molecule has 1 saturated carbocycles. The second-order valence-electron chi connectivity index (χ2n) is 7.26. The number of nitrogen functional groups attached to an aromatic ring is 1. The zero-order valence-corrected chi connectivity index (χ0v) is 14.5. The molecule has 2 aliphatic rings. The molecule has 0 saturated heterocycles. The molecule has 25 heavy (non-hydrogen) atoms. The molecule has 5 nitrogen and oxygen atoms in total. The average molecular weight is 338 g/mol. The second-order valence-corrected chi connectivity index (χ2v) is 7.26. The van der Waals surface area contributed by atoms with Gasteiger partial charge >= 0.3 is 0 Å². The molecule has 0 bridgehead atoms. The molecule has 1 heterocycles. The standard InChI is InChI=1S/C20H26N4O/c21-14-9-11-15(12-10-14)25-19-17-8-4-7-16(13-5-2-1-3-6-13)18(17)23-20(22)24-19/h1-3,5-6,14-16H,4,7-12,21H2,(H2,22,23,24)/t14-,15-,16?. The summed E-state index contributed by atoms with van der Waals surface area (Å²) in [4.78, 5) is 9.04. The van der Waals surface area contributed by atoms with Crippen LogP contribution in [0.25, 0.3) is 0 Å². The van der Waals surface area contributed by atoms with Crippen LogP contribution >= 0.6 is 0 Å². The Labute approximate surface area is 148 Å². The molecule has 132 valence electrons. The Hall–Kier alpha value is -2.14. The van der Waals surface area contributed by atoms with Crippen LogP contribution in [-0.4, -0.2) is 22.1 Å². The third kappa shape index (κ3) is 3.47. The maximum atomic E-state index is 6.28. The third-order valence-electron chi connectivity index (χ3n) is 5.47. The number of hydrogen-bond donors (Lipinski definition) is 2. The Morgan fingerprint density at radius 1 is 0.960 bits per heavy atom. The van der Waals surface area contributed by atoms with Crippen molar-refractivity contribution in [2.75, 3.05) is 5.73 Å². The summed E-state index contributed by atoms with van der Waals surface area (Å²) in [5.41, 5.74) is 15.5. The number of nitrogens with two attached hydrogens (primary N) is 2. The molecule has 1 atom stereocenters. The number of fused-ring (bicyclic) bond motifs is 1. The molecular weight excluding hydrogens is 312 g/mol. The van der Waals surface area contributed by atoms with Gasteiger partial charge in [-0.15, -0.1) is 0 Å². The van der Waals surface area contributed by atoms with Crippen LogP contribution in [0.1, 0.15) is 61.3 Å². The maximum Gasteiger partial charge on any atom is 0.223 e. The van der Waals surface area contributed by atoms with Crippen LogP contribution in [0.4, 0.5) is 5.95 Å². The van der Waals surface area contributed by atoms with Gasteiger partial charge in [0.2, 0.25) is 11.8 Å². The van der Waals surface area contributed by atoms with Crippen molar-refractivity contribution < 1.29 is 4.74 Å². The molecule has 4 rings (SSSR count). The Bertz CT molecular complexity index is 726. The molecule has 1 aromatic carbocycles. The summed E-state index contributed by atoms with van der Waals surface area (Å²) in [6.45, 7) is 0. The topological polar surface area (TPSA) is 87.0 Å². The maximum absolute atomic E-state index is 6.28. The van der Waals surface area contributed by atoms with Crippen LogP contribution < -0.4 is 16.2 Å². The van der Waals surface area contributed by atoms with Gasteiger partial charge in [-0.3, -0.25) is 0 Å². The van der Waals surface area contributed by atoms with Crippen LogP contribution in [0.5, 0.6) is 5.88 Å². The molecule has 5 heteroatoms. The first-order chi connectivity index (χ1) is 12.2. The zero-order chi connectivity index (χ0) is 17.2. The number of anilines is 1. The zero-order valence-electron chi connectivity index (χ0n) is 14.5. The SMILES string of the molecule is Nc1nc(O[C@H]2CC[C@H](N)CC2)c2c(n1)C(c1ccccc1)CCC2. The highest BCUT2D eigenvalue weighted by atomic mass is 16.5. The van der Waals surface area contributed by atoms with Gasteiger partial charge in [0.05, 0.1) is 5.69 Å². The van der Waals surface area contributed by atoms with Crippen molar-refractivity contribution in [1.82, 2.24) is 9.97 Å². The monoisotopic (exact) mass is 338 g/mol. The van der Waals surface area contributed by atoms with E-state index in [1.165, 1.54) is 5.56 Å². The van der Waals surface area contributed by atoms with Gasteiger partial charge in [-0.25, -0.2) is 4.98 Å². The normalized spacial score (nSPS) is 26.0. The lowest BCUT2D eigenvalue weighted by molar-refractivity contribution is 0.139. The minimum absolute atomic E-state index is 0.190. The van der Waals surface area contributed by atoms with E-state index in [1.54, 1.807) is 0 Å². The van der Waals surface area contributed by atoms with Gasteiger partial charge in [-0.05, 0) is 50.5 Å². The lowest BCUT2D eigenvalue weighted by atomic mass is 9.82. The summed E-state index contributed by atoms with van der Waals surface area (Å²) >= 11 is 0. The van der Waals surface area contributed by atoms with Gasteiger partial charge in [-0.1, -0.05) is 30.3 Å². The molecule has 2 aromatic rings. The average Bonchev–Trinajstić information content (AvgIpc) is 2.64. The summed E-state index contributed by atoms with van der Waals surface area (Å²) in [6.07, 6.45) is 7.36. The second kappa shape index (κ2) is 7.00. The van der Waals surface area contributed by atoms with Crippen LogP contribution in [0.3, 0.4) is 0 Å². The summed E-state index contributed by atoms with van der Waals surface area (Å²) in [5.74, 6) is 1.28. The van der Waals surface area contributed by atoms with Crippen molar-refractivity contribution in [3.8, 4) is 5.88 Å². The predicted molar refractivity (Wildman–Crippen MR) is 98.5 cm³/mol. The Morgan fingerprint density at radius 3 is 2.48 bits per heavy atom. The van der Waals surface area contributed by atoms with Crippen molar-refractivity contribution in [1.29, 1.82) is 0 Å². The predicted octanol–water partition coefficient (Wildman–Crippen LogP) is 3.18. The Balaban J connectivity index is 1.65. The van der Waals surface area contributed by atoms with Crippen LogP contribution in [-0.2, 0) is 6.42 Å². The molecule has 4 N–H and O–H groups in total. The van der Waals surface area contributed by atoms with Gasteiger partial charge in [0.25, 0.3) is 0 Å². The fraction of sp³-hybridized carbons (Fsp3) is 0.500. The highest BCUT2D eigenvalue weighted by Crippen LogP contribution is 2.39. The molecule has 1 aromatic heterocycles. The Kier molecular flexibility index (Phi) is 4.57. The molecule has 0 spiro atoms. The number of nitrogens with zero attached hydrogens (tertiary/aromatic N) is 2. The van der Waals surface area contributed by atoms with Crippen molar-refractivity contribution in [3.05, 3.63) is 47.2 Å². The van der Waals surface area contributed by atoms with Gasteiger partial charge in [-0.2, -0.15) is 4.98 Å². The quantitative estimate of drug-likeness (QED) is 0.897. The highest BCUT2D eigenvalue weighted by Gasteiger charge is 2.29. The summed E-state index contributed by atoms with van der Waals surface area (Å²) < 4.78 is 6.28. The molecular formula is C20H26N4O. The minimum Gasteiger partial charge on any atom is -0.474 e. The lowest BCUT2D eigenvalue weighted by Gasteiger charge is -2.30. The van der Waals surface area contributed by atoms with Gasteiger partial charge < -0.3 is 16.2 Å². The summed E-state index contributed by atoms with van der Waals surface area (Å²) in [7, 11) is 0. The van der Waals surface area contributed by atoms with E-state index in [0.29, 0.717) is 17.9 Å². The number of aromatic nitrogens is 2. The van der Waals surface area contributed by atoms with Gasteiger partial charge in [0.15, 0.2) is 0 Å². The van der Waals surface area contributed by atoms with E-state index in [4.69, 9.17) is 16.2 Å². The van der Waals surface area contributed by atoms with E-state index in [-0.39, 0.29) is 12.0 Å². The Morgan fingerprint density at radius 2 is 1.72 bits per heavy atom. The van der Waals surface area contributed by atoms with Crippen LogP contribution in [0.15, 0.2) is 30.3 Å². The highest BCUT2D eigenvalue weighted by molar-refractivity contribution is 5.43. The lowest BCUT2D eigenvalue weighted by Crippen LogP contribution is -2.32. The third-order valence-corrected chi connectivity index (χ3v) is 5.47. The number of ether oxygens (including phenoxy) is 1. The largest absolute Gasteiger partial charge is 0.474 e. The molecule has 0 aliphatic heterocycles. The van der Waals surface area contributed by atoms with Crippen molar-refractivity contribution in [3.63, 3.8) is 0 Å². The van der Waals surface area contributed by atoms with Gasteiger partial charge in [0.1, 0.15) is 6.10 Å². The van der Waals surface area contributed by atoms with E-state index in [1.807, 2.05) is 6.07 Å². The fourth-order valence-electron chi connectivity index (χ4n) is 4.11. The smallest absolute Gasteiger partial charge is 0.223 e. The van der Waals surface area contributed by atoms with E-state index in [9.17, 15) is 0 Å². The van der Waals surface area contributed by atoms with Crippen LogP contribution in [0.2, 0.25) is 0 Å². The van der Waals surface area contributed by atoms with E-state index in [0.717, 1.165) is 56.2 Å². The first-order valence-electron chi connectivity index (χ1n) is 9.34. The fourth-order valence-corrected chi connectivity index (χ4v) is 4.11. The molecule has 1 unspecified atom stereocenters. The summed E-state index contributed by atoms with van der Waals surface area (Å²) in [5, 5.41) is 0. The molecule has 2 aliphatic carbocycles. The van der Waals surface area contributed by atoms with E-state index in [2.05, 4.69) is 34.2 Å². The first kappa shape index (κ1) is 16.3. The van der Waals surface area contributed by atoms with Crippen molar-refractivity contribution in [2.24, 2.45) is 5.73 Å². The summed E-state index contributed by atoms with van der Waals surface area (Å²) in [6, 6.07) is 10.9. The minimum atomic E-state index is 0.190. The number of hydrogen-bond acceptors (Lipinski definition) is 5. The van der Waals surface area contributed by atoms with Crippen molar-refractivity contribution in [2.45, 2.75) is 63.0 Å². The molecule has 0 radical (unpaired) electrons. The van der Waals surface area contributed by atoms with E-state index >= 15 is 0 Å². The molecule has 1 fully saturated rings. The van der Waals surface area contributed by atoms with E-state index < -0.39 is 0 Å². The molecule has 0 amide bonds.